The highest BCUT2D eigenvalue weighted by molar-refractivity contribution is 5.95. The summed E-state index contributed by atoms with van der Waals surface area (Å²) in [6.07, 6.45) is 5.87. The van der Waals surface area contributed by atoms with Crippen LogP contribution in [0.25, 0.3) is 0 Å². The minimum Gasteiger partial charge on any atom is -0.381 e. The molecule has 2 aromatic rings. The average Bonchev–Trinajstić information content (AvgIpc) is 3.20. The summed E-state index contributed by atoms with van der Waals surface area (Å²) in [4.78, 5) is 23.3. The van der Waals surface area contributed by atoms with Crippen LogP contribution in [0.1, 0.15) is 46.4 Å². The van der Waals surface area contributed by atoms with Crippen LogP contribution in [0.5, 0.6) is 0 Å². The van der Waals surface area contributed by atoms with E-state index < -0.39 is 0 Å². The predicted molar refractivity (Wildman–Crippen MR) is 93.7 cm³/mol. The third-order valence-corrected chi connectivity index (χ3v) is 5.24. The van der Waals surface area contributed by atoms with Gasteiger partial charge in [-0.3, -0.25) is 9.78 Å². The average molecular weight is 356 g/mol. The number of rotatable bonds is 6. The lowest BCUT2D eigenvalue weighted by Gasteiger charge is -2.17. The fourth-order valence-electron chi connectivity index (χ4n) is 3.48. The summed E-state index contributed by atoms with van der Waals surface area (Å²) in [5, 5.41) is 3.92. The van der Waals surface area contributed by atoms with Crippen molar-refractivity contribution in [1.29, 1.82) is 0 Å². The number of carbonyl (C=O) groups excluding carboxylic acids is 1. The summed E-state index contributed by atoms with van der Waals surface area (Å²) in [5.41, 5.74) is 1.58. The first-order valence-corrected chi connectivity index (χ1v) is 9.19. The SMILES string of the molecule is Cc1noc([C@@H]2CN(C(=O)c3cnccc3C)C[C@H]2COCC2CC2)n1. The Bertz CT molecular complexity index is 787. The third-order valence-electron chi connectivity index (χ3n) is 5.24. The predicted octanol–water partition coefficient (Wildman–Crippen LogP) is 2.36. The molecular weight excluding hydrogens is 332 g/mol. The molecule has 0 unspecified atom stereocenters. The quantitative estimate of drug-likeness (QED) is 0.790. The normalized spacial score (nSPS) is 22.8. The molecule has 4 rings (SSSR count). The van der Waals surface area contributed by atoms with Crippen molar-refractivity contribution in [2.24, 2.45) is 11.8 Å². The van der Waals surface area contributed by atoms with Gasteiger partial charge in [0.15, 0.2) is 5.82 Å². The molecule has 7 nitrogen and oxygen atoms in total. The number of amides is 1. The van der Waals surface area contributed by atoms with Crippen molar-refractivity contribution in [3.05, 3.63) is 41.3 Å². The van der Waals surface area contributed by atoms with Crippen molar-refractivity contribution in [1.82, 2.24) is 20.0 Å². The maximum atomic E-state index is 13.0. The van der Waals surface area contributed by atoms with Gasteiger partial charge < -0.3 is 14.2 Å². The highest BCUT2D eigenvalue weighted by atomic mass is 16.5. The lowest BCUT2D eigenvalue weighted by atomic mass is 9.97. The molecule has 2 fully saturated rings. The monoisotopic (exact) mass is 356 g/mol. The summed E-state index contributed by atoms with van der Waals surface area (Å²) >= 11 is 0. The molecule has 0 spiro atoms. The smallest absolute Gasteiger partial charge is 0.255 e. The van der Waals surface area contributed by atoms with Crippen LogP contribution in [0.2, 0.25) is 0 Å². The Kier molecular flexibility index (Phi) is 4.72. The van der Waals surface area contributed by atoms with E-state index in [4.69, 9.17) is 9.26 Å². The molecule has 2 atom stereocenters. The van der Waals surface area contributed by atoms with Crippen LogP contribution in [0.3, 0.4) is 0 Å². The first-order chi connectivity index (χ1) is 12.6. The second kappa shape index (κ2) is 7.15. The number of aromatic nitrogens is 3. The van der Waals surface area contributed by atoms with E-state index in [1.54, 1.807) is 12.4 Å². The number of hydrogen-bond donors (Lipinski definition) is 0. The van der Waals surface area contributed by atoms with E-state index in [2.05, 4.69) is 15.1 Å². The van der Waals surface area contributed by atoms with Crippen LogP contribution >= 0.6 is 0 Å². The molecule has 3 heterocycles. The highest BCUT2D eigenvalue weighted by Gasteiger charge is 2.40. The zero-order chi connectivity index (χ0) is 18.1. The summed E-state index contributed by atoms with van der Waals surface area (Å²) in [6.45, 7) is 6.35. The second-order valence-corrected chi connectivity index (χ2v) is 7.43. The molecule has 0 N–H and O–H groups in total. The Hall–Kier alpha value is -2.28. The zero-order valence-electron chi connectivity index (χ0n) is 15.2. The van der Waals surface area contributed by atoms with Crippen molar-refractivity contribution in [3.63, 3.8) is 0 Å². The maximum absolute atomic E-state index is 13.0. The summed E-state index contributed by atoms with van der Waals surface area (Å²) < 4.78 is 11.3. The standard InChI is InChI=1S/C19H24N4O3/c1-12-5-6-20-7-16(12)19(24)23-8-15(11-25-10-14-3-4-14)17(9-23)18-21-13(2)22-26-18/h5-7,14-15,17H,3-4,8-11H2,1-2H3/t15-,17+/m0/s1. The molecule has 0 bridgehead atoms. The van der Waals surface area contributed by atoms with Gasteiger partial charge >= 0.3 is 0 Å². The minimum atomic E-state index is 0.00142. The second-order valence-electron chi connectivity index (χ2n) is 7.43. The van der Waals surface area contributed by atoms with Gasteiger partial charge in [0.1, 0.15) is 0 Å². The molecule has 0 radical (unpaired) electrons. The van der Waals surface area contributed by atoms with Gasteiger partial charge in [0.05, 0.1) is 18.1 Å². The topological polar surface area (TPSA) is 81.4 Å². The van der Waals surface area contributed by atoms with Gasteiger partial charge in [0.2, 0.25) is 5.89 Å². The van der Waals surface area contributed by atoms with Crippen LogP contribution in [-0.4, -0.2) is 52.2 Å². The van der Waals surface area contributed by atoms with Crippen molar-refractivity contribution >= 4 is 5.91 Å². The Balaban J connectivity index is 1.50. The Labute approximate surface area is 152 Å². The van der Waals surface area contributed by atoms with Crippen LogP contribution < -0.4 is 0 Å². The summed E-state index contributed by atoms with van der Waals surface area (Å²) in [6, 6.07) is 1.86. The number of carbonyl (C=O) groups is 1. The van der Waals surface area contributed by atoms with Crippen molar-refractivity contribution < 1.29 is 14.1 Å². The first kappa shape index (κ1) is 17.1. The van der Waals surface area contributed by atoms with E-state index in [-0.39, 0.29) is 17.7 Å². The van der Waals surface area contributed by atoms with Crippen LogP contribution in [0.4, 0.5) is 0 Å². The van der Waals surface area contributed by atoms with E-state index >= 15 is 0 Å². The molecule has 1 aliphatic carbocycles. The molecule has 7 heteroatoms. The van der Waals surface area contributed by atoms with E-state index in [9.17, 15) is 4.79 Å². The Morgan fingerprint density at radius 2 is 2.15 bits per heavy atom. The number of ether oxygens (including phenoxy) is 1. The van der Waals surface area contributed by atoms with E-state index in [1.807, 2.05) is 24.8 Å². The maximum Gasteiger partial charge on any atom is 0.255 e. The Morgan fingerprint density at radius 1 is 1.31 bits per heavy atom. The fourth-order valence-corrected chi connectivity index (χ4v) is 3.48. The van der Waals surface area contributed by atoms with Crippen LogP contribution in [-0.2, 0) is 4.74 Å². The number of nitrogens with zero attached hydrogens (tertiary/aromatic N) is 4. The van der Waals surface area contributed by atoms with E-state index in [1.165, 1.54) is 12.8 Å². The molecule has 1 saturated carbocycles. The molecule has 138 valence electrons. The lowest BCUT2D eigenvalue weighted by molar-refractivity contribution is 0.0735. The van der Waals surface area contributed by atoms with Gasteiger partial charge in [0.25, 0.3) is 5.91 Å². The number of hydrogen-bond acceptors (Lipinski definition) is 6. The number of pyridine rings is 1. The van der Waals surface area contributed by atoms with E-state index in [0.717, 1.165) is 18.1 Å². The van der Waals surface area contributed by atoms with Crippen molar-refractivity contribution in [3.8, 4) is 0 Å². The molecule has 1 saturated heterocycles. The van der Waals surface area contributed by atoms with E-state index in [0.29, 0.717) is 37.0 Å². The fraction of sp³-hybridized carbons (Fsp3) is 0.579. The molecular formula is C19H24N4O3. The van der Waals surface area contributed by atoms with Crippen LogP contribution in [0.15, 0.2) is 23.0 Å². The molecule has 0 aromatic carbocycles. The largest absolute Gasteiger partial charge is 0.381 e. The van der Waals surface area contributed by atoms with Crippen LogP contribution in [0, 0.1) is 25.7 Å². The Morgan fingerprint density at radius 3 is 2.85 bits per heavy atom. The van der Waals surface area contributed by atoms with Gasteiger partial charge in [-0.15, -0.1) is 0 Å². The van der Waals surface area contributed by atoms with Crippen molar-refractivity contribution in [2.45, 2.75) is 32.6 Å². The van der Waals surface area contributed by atoms with Gasteiger partial charge in [-0.25, -0.2) is 0 Å². The number of aryl methyl sites for hydroxylation is 2. The van der Waals surface area contributed by atoms with Gasteiger partial charge in [-0.1, -0.05) is 5.16 Å². The lowest BCUT2D eigenvalue weighted by Crippen LogP contribution is -2.30. The summed E-state index contributed by atoms with van der Waals surface area (Å²) in [7, 11) is 0. The minimum absolute atomic E-state index is 0.00142. The molecule has 1 amide bonds. The van der Waals surface area contributed by atoms with Gasteiger partial charge in [-0.2, -0.15) is 4.98 Å². The van der Waals surface area contributed by atoms with Gasteiger partial charge in [-0.05, 0) is 44.2 Å². The summed E-state index contributed by atoms with van der Waals surface area (Å²) in [5.74, 6) is 2.11. The van der Waals surface area contributed by atoms with Gasteiger partial charge in [0, 0.05) is 38.0 Å². The molecule has 2 aliphatic rings. The first-order valence-electron chi connectivity index (χ1n) is 9.19. The highest BCUT2D eigenvalue weighted by Crippen LogP contribution is 2.34. The number of likely N-dealkylation sites (tertiary alicyclic amines) is 1. The zero-order valence-corrected chi connectivity index (χ0v) is 15.2. The third kappa shape index (κ3) is 3.62. The van der Waals surface area contributed by atoms with Crippen molar-refractivity contribution in [2.75, 3.05) is 26.3 Å². The molecule has 2 aromatic heterocycles. The molecule has 1 aliphatic heterocycles. The molecule has 26 heavy (non-hydrogen) atoms.